The first-order valence-corrected chi connectivity index (χ1v) is 12.0. The van der Waals surface area contributed by atoms with Gasteiger partial charge in [0.1, 0.15) is 5.60 Å². The Morgan fingerprint density at radius 2 is 1.62 bits per heavy atom. The molecule has 0 aliphatic rings. The molecule has 0 radical (unpaired) electrons. The Labute approximate surface area is 133 Å². The summed E-state index contributed by atoms with van der Waals surface area (Å²) in [6.45, 7) is 16.4. The molecule has 0 saturated carbocycles. The molecule has 0 fully saturated rings. The van der Waals surface area contributed by atoms with Crippen molar-refractivity contribution in [2.24, 2.45) is 0 Å². The van der Waals surface area contributed by atoms with Gasteiger partial charge < -0.3 is 4.74 Å². The molecule has 0 aromatic rings. The van der Waals surface area contributed by atoms with E-state index in [1.54, 1.807) is 0 Å². The number of unbranched alkanes of at least 4 members (excludes halogenated alkanes) is 5. The van der Waals surface area contributed by atoms with Gasteiger partial charge in [0.05, 0.1) is 13.6 Å². The van der Waals surface area contributed by atoms with Gasteiger partial charge in [-0.1, -0.05) is 51.4 Å². The zero-order chi connectivity index (χ0) is 16.5. The van der Waals surface area contributed by atoms with E-state index >= 15 is 0 Å². The molecule has 21 heavy (non-hydrogen) atoms. The minimum absolute atomic E-state index is 0.0216. The van der Waals surface area contributed by atoms with Gasteiger partial charge in [0.15, 0.2) is 0 Å². The molecule has 0 bridgehead atoms. The largest absolute Gasteiger partial charge is 0.460 e. The number of hydrogen-bond acceptors (Lipinski definition) is 2. The number of carbonyl (C=O) groups excluding carboxylic acids is 1. The van der Waals surface area contributed by atoms with Gasteiger partial charge in [0, 0.05) is 0 Å². The standard InChI is InChI=1S/C18H36O2Si/c1-8-9-10-11-12-13-14-15-16(21(5,6)7)17(19)20-18(2,3)4/h8,16H,1,9-15H2,2-7H3. The van der Waals surface area contributed by atoms with Gasteiger partial charge in [-0.25, -0.2) is 0 Å². The molecule has 1 unspecified atom stereocenters. The molecule has 0 rings (SSSR count). The van der Waals surface area contributed by atoms with Crippen molar-refractivity contribution < 1.29 is 9.53 Å². The fourth-order valence-electron chi connectivity index (χ4n) is 2.44. The van der Waals surface area contributed by atoms with E-state index in [0.717, 1.165) is 19.3 Å². The van der Waals surface area contributed by atoms with Gasteiger partial charge in [0.25, 0.3) is 0 Å². The molecule has 0 N–H and O–H groups in total. The summed E-state index contributed by atoms with van der Waals surface area (Å²) in [5, 5.41) is 0. The molecule has 3 heteroatoms. The highest BCUT2D eigenvalue weighted by atomic mass is 28.3. The molecular formula is C18H36O2Si. The van der Waals surface area contributed by atoms with Crippen molar-refractivity contribution in [2.75, 3.05) is 0 Å². The summed E-state index contributed by atoms with van der Waals surface area (Å²) in [7, 11) is -1.52. The van der Waals surface area contributed by atoms with Crippen LogP contribution in [-0.4, -0.2) is 19.6 Å². The van der Waals surface area contributed by atoms with E-state index in [-0.39, 0.29) is 17.1 Å². The van der Waals surface area contributed by atoms with Crippen molar-refractivity contribution in [2.45, 2.75) is 96.5 Å². The summed E-state index contributed by atoms with van der Waals surface area (Å²) in [5.41, 5.74) is -0.246. The van der Waals surface area contributed by atoms with E-state index in [2.05, 4.69) is 26.2 Å². The molecule has 0 amide bonds. The van der Waals surface area contributed by atoms with Crippen molar-refractivity contribution in [3.8, 4) is 0 Å². The SMILES string of the molecule is C=CCCCCCCCC(C(=O)OC(C)(C)C)[Si](C)(C)C. The lowest BCUT2D eigenvalue weighted by Gasteiger charge is -2.30. The maximum Gasteiger partial charge on any atom is 0.306 e. The highest BCUT2D eigenvalue weighted by molar-refractivity contribution is 6.80. The van der Waals surface area contributed by atoms with Gasteiger partial charge in [-0.2, -0.15) is 0 Å². The van der Waals surface area contributed by atoms with E-state index in [1.807, 2.05) is 26.8 Å². The molecule has 2 nitrogen and oxygen atoms in total. The first-order chi connectivity index (χ1) is 9.58. The number of carbonyl (C=O) groups is 1. The number of hydrogen-bond donors (Lipinski definition) is 0. The van der Waals surface area contributed by atoms with Crippen LogP contribution in [0.3, 0.4) is 0 Å². The van der Waals surface area contributed by atoms with E-state index in [1.165, 1.54) is 25.7 Å². The summed E-state index contributed by atoms with van der Waals surface area (Å²) in [5.74, 6) is 0.0216. The Morgan fingerprint density at radius 3 is 2.10 bits per heavy atom. The minimum atomic E-state index is -1.52. The molecular weight excluding hydrogens is 276 g/mol. The van der Waals surface area contributed by atoms with Crippen molar-refractivity contribution in [3.05, 3.63) is 12.7 Å². The molecule has 0 aliphatic heterocycles. The summed E-state index contributed by atoms with van der Waals surface area (Å²) < 4.78 is 5.62. The molecule has 1 atom stereocenters. The Bertz CT molecular complexity index is 310. The van der Waals surface area contributed by atoms with Gasteiger partial charge in [-0.15, -0.1) is 6.58 Å². The second-order valence-electron chi connectivity index (χ2n) is 8.09. The lowest BCUT2D eigenvalue weighted by Crippen LogP contribution is -2.38. The molecule has 0 saturated heterocycles. The second kappa shape index (κ2) is 9.45. The highest BCUT2D eigenvalue weighted by Crippen LogP contribution is 2.31. The van der Waals surface area contributed by atoms with Crippen LogP contribution in [0.5, 0.6) is 0 Å². The third-order valence-electron chi connectivity index (χ3n) is 3.64. The average Bonchev–Trinajstić information content (AvgIpc) is 2.28. The average molecular weight is 313 g/mol. The topological polar surface area (TPSA) is 26.3 Å². The van der Waals surface area contributed by atoms with E-state index in [4.69, 9.17) is 4.74 Å². The fraction of sp³-hybridized carbons (Fsp3) is 0.833. The third kappa shape index (κ3) is 10.8. The van der Waals surface area contributed by atoms with Crippen molar-refractivity contribution >= 4 is 14.0 Å². The van der Waals surface area contributed by atoms with Gasteiger partial charge in [0.2, 0.25) is 0 Å². The Balaban J connectivity index is 4.21. The van der Waals surface area contributed by atoms with Crippen molar-refractivity contribution in [3.63, 3.8) is 0 Å². The molecule has 0 spiro atoms. The van der Waals surface area contributed by atoms with Crippen molar-refractivity contribution in [1.82, 2.24) is 0 Å². The summed E-state index contributed by atoms with van der Waals surface area (Å²) in [4.78, 5) is 12.4. The summed E-state index contributed by atoms with van der Waals surface area (Å²) >= 11 is 0. The van der Waals surface area contributed by atoms with Crippen LogP contribution in [0.25, 0.3) is 0 Å². The lowest BCUT2D eigenvalue weighted by molar-refractivity contribution is -0.155. The lowest BCUT2D eigenvalue weighted by atomic mass is 10.1. The zero-order valence-electron chi connectivity index (χ0n) is 15.1. The summed E-state index contributed by atoms with van der Waals surface area (Å²) in [6, 6.07) is 0. The molecule has 0 aliphatic carbocycles. The Morgan fingerprint density at radius 1 is 1.10 bits per heavy atom. The van der Waals surface area contributed by atoms with E-state index in [0.29, 0.717) is 0 Å². The molecule has 0 heterocycles. The fourth-order valence-corrected chi connectivity index (χ4v) is 4.28. The molecule has 0 aromatic heterocycles. The number of esters is 1. The highest BCUT2D eigenvalue weighted by Gasteiger charge is 2.35. The first-order valence-electron chi connectivity index (χ1n) is 8.41. The van der Waals surface area contributed by atoms with Crippen LogP contribution in [0.2, 0.25) is 25.2 Å². The molecule has 0 aromatic carbocycles. The summed E-state index contributed by atoms with van der Waals surface area (Å²) in [6.07, 6.45) is 10.2. The minimum Gasteiger partial charge on any atom is -0.460 e. The van der Waals surface area contributed by atoms with Crippen LogP contribution in [0, 0.1) is 0 Å². The maximum atomic E-state index is 12.4. The van der Waals surface area contributed by atoms with Gasteiger partial charge >= 0.3 is 5.97 Å². The van der Waals surface area contributed by atoms with Crippen LogP contribution in [0.15, 0.2) is 12.7 Å². The Hall–Kier alpha value is -0.573. The quantitative estimate of drug-likeness (QED) is 0.215. The van der Waals surface area contributed by atoms with Crippen LogP contribution >= 0.6 is 0 Å². The van der Waals surface area contributed by atoms with Gasteiger partial charge in [-0.3, -0.25) is 4.79 Å². The van der Waals surface area contributed by atoms with Gasteiger partial charge in [-0.05, 0) is 40.0 Å². The van der Waals surface area contributed by atoms with Crippen LogP contribution < -0.4 is 0 Å². The normalized spacial score (nSPS) is 13.8. The van der Waals surface area contributed by atoms with E-state index in [9.17, 15) is 4.79 Å². The second-order valence-corrected chi connectivity index (χ2v) is 13.5. The number of allylic oxidation sites excluding steroid dienone is 1. The molecule has 124 valence electrons. The van der Waals surface area contributed by atoms with Crippen LogP contribution in [0.4, 0.5) is 0 Å². The van der Waals surface area contributed by atoms with Crippen molar-refractivity contribution in [1.29, 1.82) is 0 Å². The first kappa shape index (κ1) is 20.4. The Kier molecular flexibility index (Phi) is 9.19. The predicted molar refractivity (Wildman–Crippen MR) is 95.5 cm³/mol. The van der Waals surface area contributed by atoms with Crippen LogP contribution in [0.1, 0.15) is 65.7 Å². The third-order valence-corrected chi connectivity index (χ3v) is 6.25. The van der Waals surface area contributed by atoms with E-state index < -0.39 is 8.07 Å². The smallest absolute Gasteiger partial charge is 0.306 e. The zero-order valence-corrected chi connectivity index (χ0v) is 16.1. The predicted octanol–water partition coefficient (Wildman–Crippen LogP) is 5.95. The number of ether oxygens (including phenoxy) is 1. The monoisotopic (exact) mass is 312 g/mol. The number of rotatable bonds is 10. The maximum absolute atomic E-state index is 12.4. The van der Waals surface area contributed by atoms with Crippen LogP contribution in [-0.2, 0) is 9.53 Å².